The first-order chi connectivity index (χ1) is 10.1. The van der Waals surface area contributed by atoms with Crippen molar-refractivity contribution in [3.8, 4) is 11.3 Å². The molecule has 2 rings (SSSR count). The number of aliphatic hydroxyl groups excluding tert-OH is 2. The molecule has 2 aromatic heterocycles. The van der Waals surface area contributed by atoms with Crippen LogP contribution in [0.4, 0.5) is 0 Å². The highest BCUT2D eigenvalue weighted by molar-refractivity contribution is 7.09. The van der Waals surface area contributed by atoms with Gasteiger partial charge in [-0.25, -0.2) is 4.98 Å². The molecule has 6 nitrogen and oxygen atoms in total. The van der Waals surface area contributed by atoms with Gasteiger partial charge < -0.3 is 19.7 Å². The van der Waals surface area contributed by atoms with E-state index in [2.05, 4.69) is 4.98 Å². The first kappa shape index (κ1) is 15.7. The van der Waals surface area contributed by atoms with Crippen molar-refractivity contribution in [1.29, 1.82) is 0 Å². The average molecular weight is 309 g/mol. The van der Waals surface area contributed by atoms with Gasteiger partial charge in [-0.2, -0.15) is 0 Å². The lowest BCUT2D eigenvalue weighted by atomic mass is 10.2. The Balaban J connectivity index is 2.27. The van der Waals surface area contributed by atoms with E-state index in [9.17, 15) is 4.79 Å². The van der Waals surface area contributed by atoms with Crippen molar-refractivity contribution in [3.63, 3.8) is 0 Å². The van der Waals surface area contributed by atoms with Crippen LogP contribution in [0, 0.1) is 6.92 Å². The normalized spacial score (nSPS) is 10.9. The minimum absolute atomic E-state index is 0.131. The molecule has 0 bridgehead atoms. The highest BCUT2D eigenvalue weighted by Crippen LogP contribution is 2.24. The number of aliphatic hydroxyl groups is 2. The van der Waals surface area contributed by atoms with Gasteiger partial charge in [-0.15, -0.1) is 11.3 Å². The fourth-order valence-corrected chi connectivity index (χ4v) is 2.75. The van der Waals surface area contributed by atoms with Crippen LogP contribution in [0.3, 0.4) is 0 Å². The summed E-state index contributed by atoms with van der Waals surface area (Å²) in [6, 6.07) is 1.79. The van der Waals surface area contributed by atoms with E-state index in [0.29, 0.717) is 5.69 Å². The molecular formula is C14H19N3O3S. The summed E-state index contributed by atoms with van der Waals surface area (Å²) >= 11 is 1.56. The predicted octanol–water partition coefficient (Wildman–Crippen LogP) is 0.884. The van der Waals surface area contributed by atoms with Gasteiger partial charge in [0.2, 0.25) is 0 Å². The minimum Gasteiger partial charge on any atom is -0.395 e. The third-order valence-electron chi connectivity index (χ3n) is 3.17. The van der Waals surface area contributed by atoms with E-state index in [0.717, 1.165) is 16.3 Å². The van der Waals surface area contributed by atoms with Crippen LogP contribution in [0.5, 0.6) is 0 Å². The number of carbonyl (C=O) groups excluding carboxylic acids is 1. The first-order valence-corrected chi connectivity index (χ1v) is 7.54. The maximum atomic E-state index is 12.5. The monoisotopic (exact) mass is 309 g/mol. The quantitative estimate of drug-likeness (QED) is 0.830. The van der Waals surface area contributed by atoms with Crippen LogP contribution in [0.15, 0.2) is 17.6 Å². The molecule has 0 aliphatic rings. The second kappa shape index (κ2) is 6.84. The molecule has 0 fully saturated rings. The number of amides is 1. The maximum absolute atomic E-state index is 12.5. The van der Waals surface area contributed by atoms with Crippen molar-refractivity contribution < 1.29 is 15.0 Å². The SMILES string of the molecule is Cc1nc(-c2cc(C(=O)N(CCO)CCO)n(C)c2)cs1. The van der Waals surface area contributed by atoms with E-state index in [4.69, 9.17) is 10.2 Å². The molecular weight excluding hydrogens is 290 g/mol. The number of aryl methyl sites for hydroxylation is 2. The van der Waals surface area contributed by atoms with Crippen molar-refractivity contribution in [3.05, 3.63) is 28.3 Å². The number of rotatable bonds is 6. The fraction of sp³-hybridized carbons (Fsp3) is 0.429. The molecule has 0 saturated carbocycles. The Morgan fingerprint density at radius 2 is 2.05 bits per heavy atom. The van der Waals surface area contributed by atoms with E-state index in [1.54, 1.807) is 29.0 Å². The molecule has 0 radical (unpaired) electrons. The highest BCUT2D eigenvalue weighted by atomic mass is 32.1. The van der Waals surface area contributed by atoms with Crippen LogP contribution in [-0.4, -0.2) is 56.9 Å². The Kier molecular flexibility index (Phi) is 5.11. The second-order valence-corrected chi connectivity index (χ2v) is 5.78. The molecule has 0 aliphatic heterocycles. The van der Waals surface area contributed by atoms with Crippen molar-refractivity contribution in [2.24, 2.45) is 7.05 Å². The molecule has 0 atom stereocenters. The number of aromatic nitrogens is 2. The Labute approximate surface area is 127 Å². The zero-order valence-electron chi connectivity index (χ0n) is 12.1. The van der Waals surface area contributed by atoms with Crippen molar-refractivity contribution in [1.82, 2.24) is 14.5 Å². The average Bonchev–Trinajstić information content (AvgIpc) is 3.04. The Hall–Kier alpha value is -1.70. The zero-order chi connectivity index (χ0) is 15.4. The minimum atomic E-state index is -0.209. The maximum Gasteiger partial charge on any atom is 0.270 e. The molecule has 0 aromatic carbocycles. The number of hydrogen-bond acceptors (Lipinski definition) is 5. The summed E-state index contributed by atoms with van der Waals surface area (Å²) in [5.41, 5.74) is 2.25. The van der Waals surface area contributed by atoms with Crippen LogP contribution in [0.2, 0.25) is 0 Å². The number of carbonyl (C=O) groups is 1. The highest BCUT2D eigenvalue weighted by Gasteiger charge is 2.19. The lowest BCUT2D eigenvalue weighted by Gasteiger charge is -2.20. The van der Waals surface area contributed by atoms with Crippen LogP contribution >= 0.6 is 11.3 Å². The molecule has 7 heteroatoms. The molecule has 2 heterocycles. The van der Waals surface area contributed by atoms with Gasteiger partial charge in [0, 0.05) is 37.3 Å². The van der Waals surface area contributed by atoms with Gasteiger partial charge in [-0.05, 0) is 13.0 Å². The van der Waals surface area contributed by atoms with Gasteiger partial charge >= 0.3 is 0 Å². The number of nitrogens with zero attached hydrogens (tertiary/aromatic N) is 3. The second-order valence-electron chi connectivity index (χ2n) is 4.72. The Morgan fingerprint density at radius 1 is 1.38 bits per heavy atom. The molecule has 0 unspecified atom stereocenters. The lowest BCUT2D eigenvalue weighted by molar-refractivity contribution is 0.0675. The van der Waals surface area contributed by atoms with Gasteiger partial charge in [-0.3, -0.25) is 4.79 Å². The van der Waals surface area contributed by atoms with Crippen LogP contribution in [-0.2, 0) is 7.05 Å². The van der Waals surface area contributed by atoms with Gasteiger partial charge in [0.1, 0.15) is 5.69 Å². The lowest BCUT2D eigenvalue weighted by Crippen LogP contribution is -2.36. The Bertz CT molecular complexity index is 615. The molecule has 0 spiro atoms. The molecule has 1 amide bonds. The van der Waals surface area contributed by atoms with Crippen LogP contribution in [0.25, 0.3) is 11.3 Å². The molecule has 2 aromatic rings. The zero-order valence-corrected chi connectivity index (χ0v) is 12.9. The van der Waals surface area contributed by atoms with Crippen LogP contribution < -0.4 is 0 Å². The third-order valence-corrected chi connectivity index (χ3v) is 3.94. The summed E-state index contributed by atoms with van der Waals surface area (Å²) in [5.74, 6) is -0.209. The molecule has 114 valence electrons. The summed E-state index contributed by atoms with van der Waals surface area (Å²) in [6.45, 7) is 2.08. The van der Waals surface area contributed by atoms with E-state index in [1.165, 1.54) is 4.90 Å². The van der Waals surface area contributed by atoms with Crippen molar-refractivity contribution >= 4 is 17.2 Å². The van der Waals surface area contributed by atoms with Crippen LogP contribution in [0.1, 0.15) is 15.5 Å². The Morgan fingerprint density at radius 3 is 2.57 bits per heavy atom. The molecule has 0 saturated heterocycles. The molecule has 2 N–H and O–H groups in total. The number of hydrogen-bond donors (Lipinski definition) is 2. The first-order valence-electron chi connectivity index (χ1n) is 6.66. The summed E-state index contributed by atoms with van der Waals surface area (Å²) in [5, 5.41) is 21.0. The van der Waals surface area contributed by atoms with E-state index in [1.807, 2.05) is 18.5 Å². The smallest absolute Gasteiger partial charge is 0.270 e. The molecule has 21 heavy (non-hydrogen) atoms. The van der Waals surface area contributed by atoms with E-state index in [-0.39, 0.29) is 32.2 Å². The largest absolute Gasteiger partial charge is 0.395 e. The van der Waals surface area contributed by atoms with Gasteiger partial charge in [0.15, 0.2) is 0 Å². The van der Waals surface area contributed by atoms with Gasteiger partial charge in [0.05, 0.1) is 23.9 Å². The summed E-state index contributed by atoms with van der Waals surface area (Å²) in [7, 11) is 1.80. The molecule has 0 aliphatic carbocycles. The summed E-state index contributed by atoms with van der Waals surface area (Å²) in [6.07, 6.45) is 1.86. The standard InChI is InChI=1S/C14H19N3O3S/c1-10-15-12(9-21-10)11-7-13(16(2)8-11)14(20)17(3-5-18)4-6-19/h7-9,18-19H,3-6H2,1-2H3. The summed E-state index contributed by atoms with van der Waals surface area (Å²) in [4.78, 5) is 18.3. The van der Waals surface area contributed by atoms with E-state index < -0.39 is 0 Å². The topological polar surface area (TPSA) is 78.6 Å². The van der Waals surface area contributed by atoms with E-state index >= 15 is 0 Å². The number of thiazole rings is 1. The van der Waals surface area contributed by atoms with Gasteiger partial charge in [-0.1, -0.05) is 0 Å². The van der Waals surface area contributed by atoms with Gasteiger partial charge in [0.25, 0.3) is 5.91 Å². The fourth-order valence-electron chi connectivity index (χ4n) is 2.13. The third kappa shape index (κ3) is 3.49. The predicted molar refractivity (Wildman–Crippen MR) is 81.3 cm³/mol. The summed E-state index contributed by atoms with van der Waals surface area (Å²) < 4.78 is 1.74. The van der Waals surface area contributed by atoms with Crippen molar-refractivity contribution in [2.45, 2.75) is 6.92 Å². The van der Waals surface area contributed by atoms with Crippen molar-refractivity contribution in [2.75, 3.05) is 26.3 Å².